The molecule has 1 fully saturated rings. The predicted octanol–water partition coefficient (Wildman–Crippen LogP) is 1.74. The average molecular weight is 397 g/mol. The zero-order valence-corrected chi connectivity index (χ0v) is 15.0. The number of pyridine rings is 1. The number of hydrogen-bond donors (Lipinski definition) is 0. The van der Waals surface area contributed by atoms with Crippen LogP contribution in [0.5, 0.6) is 0 Å². The summed E-state index contributed by atoms with van der Waals surface area (Å²) in [4.78, 5) is 17.5. The lowest BCUT2D eigenvalue weighted by Gasteiger charge is -2.43. The maximum absolute atomic E-state index is 12.8. The molecule has 21 heavy (non-hydrogen) atoms. The van der Waals surface area contributed by atoms with Gasteiger partial charge in [-0.15, -0.1) is 0 Å². The summed E-state index contributed by atoms with van der Waals surface area (Å²) in [7, 11) is -2.26. The van der Waals surface area contributed by atoms with Crippen molar-refractivity contribution < 1.29 is 13.2 Å². The van der Waals surface area contributed by atoms with E-state index in [-0.39, 0.29) is 22.5 Å². The van der Waals surface area contributed by atoms with E-state index in [1.54, 1.807) is 20.9 Å². The molecule has 0 unspecified atom stereocenters. The number of sulfonamides is 1. The standard InChI is InChI=1S/C12H15BrClN3O3S/c1-12(2)11(18)16(3)4-5-17(12)21(19,20)9-6-8(13)7-15-10(9)14/h6-7H,4-5H2,1-3H3. The van der Waals surface area contributed by atoms with Gasteiger partial charge in [-0.3, -0.25) is 4.79 Å². The number of carbonyl (C=O) groups excluding carboxylic acids is 1. The Morgan fingerprint density at radius 1 is 1.38 bits per heavy atom. The maximum atomic E-state index is 12.8. The van der Waals surface area contributed by atoms with Gasteiger partial charge >= 0.3 is 0 Å². The largest absolute Gasteiger partial charge is 0.343 e. The van der Waals surface area contributed by atoms with Crippen LogP contribution in [0.1, 0.15) is 13.8 Å². The first-order valence-electron chi connectivity index (χ1n) is 6.18. The summed E-state index contributed by atoms with van der Waals surface area (Å²) in [5.74, 6) is -0.253. The summed E-state index contributed by atoms with van der Waals surface area (Å²) in [5.41, 5.74) is -1.17. The molecule has 1 aromatic heterocycles. The van der Waals surface area contributed by atoms with Gasteiger partial charge in [-0.1, -0.05) is 11.6 Å². The number of carbonyl (C=O) groups is 1. The Bertz CT molecular complexity index is 693. The second-order valence-electron chi connectivity index (χ2n) is 5.31. The molecular formula is C12H15BrClN3O3S. The van der Waals surface area contributed by atoms with E-state index in [2.05, 4.69) is 20.9 Å². The second kappa shape index (κ2) is 5.49. The number of aromatic nitrogens is 1. The molecule has 9 heteroatoms. The Balaban J connectivity index is 2.54. The van der Waals surface area contributed by atoms with Gasteiger partial charge in [0, 0.05) is 30.8 Å². The van der Waals surface area contributed by atoms with E-state index in [1.807, 2.05) is 0 Å². The summed E-state index contributed by atoms with van der Waals surface area (Å²) >= 11 is 9.11. The van der Waals surface area contributed by atoms with Crippen molar-refractivity contribution in [3.63, 3.8) is 0 Å². The quantitative estimate of drug-likeness (QED) is 0.714. The lowest BCUT2D eigenvalue weighted by Crippen LogP contribution is -2.63. The summed E-state index contributed by atoms with van der Waals surface area (Å²) in [6.45, 7) is 3.71. The van der Waals surface area contributed by atoms with Crippen molar-refractivity contribution >= 4 is 43.5 Å². The van der Waals surface area contributed by atoms with Crippen LogP contribution in [-0.4, -0.2) is 54.2 Å². The molecule has 2 rings (SSSR count). The normalized spacial score (nSPS) is 19.9. The maximum Gasteiger partial charge on any atom is 0.247 e. The minimum atomic E-state index is -3.92. The SMILES string of the molecule is CN1CCN(S(=O)(=O)c2cc(Br)cnc2Cl)C(C)(C)C1=O. The van der Waals surface area contributed by atoms with Crippen LogP contribution in [0.15, 0.2) is 21.6 Å². The highest BCUT2D eigenvalue weighted by Crippen LogP contribution is 2.32. The zero-order chi connectivity index (χ0) is 16.0. The van der Waals surface area contributed by atoms with Crippen LogP contribution in [0.4, 0.5) is 0 Å². The molecule has 0 spiro atoms. The summed E-state index contributed by atoms with van der Waals surface area (Å²) in [6, 6.07) is 1.39. The van der Waals surface area contributed by atoms with E-state index >= 15 is 0 Å². The van der Waals surface area contributed by atoms with Gasteiger partial charge in [-0.2, -0.15) is 4.31 Å². The van der Waals surface area contributed by atoms with Gasteiger partial charge in [0.25, 0.3) is 0 Å². The summed E-state index contributed by atoms with van der Waals surface area (Å²) < 4.78 is 27.4. The second-order valence-corrected chi connectivity index (χ2v) is 8.41. The number of rotatable bonds is 2. The highest BCUT2D eigenvalue weighted by molar-refractivity contribution is 9.10. The molecule has 1 aliphatic heterocycles. The van der Waals surface area contributed by atoms with Crippen molar-refractivity contribution in [2.24, 2.45) is 0 Å². The highest BCUT2D eigenvalue weighted by atomic mass is 79.9. The number of likely N-dealkylation sites (N-methyl/N-ethyl adjacent to an activating group) is 1. The molecule has 116 valence electrons. The molecular weight excluding hydrogens is 382 g/mol. The van der Waals surface area contributed by atoms with Crippen LogP contribution in [-0.2, 0) is 14.8 Å². The Hall–Kier alpha value is -0.700. The van der Waals surface area contributed by atoms with Crippen molar-refractivity contribution in [2.75, 3.05) is 20.1 Å². The van der Waals surface area contributed by atoms with E-state index in [4.69, 9.17) is 11.6 Å². The Morgan fingerprint density at radius 3 is 2.62 bits per heavy atom. The Labute approximate surface area is 137 Å². The van der Waals surface area contributed by atoms with Crippen LogP contribution in [0.2, 0.25) is 5.15 Å². The van der Waals surface area contributed by atoms with Crippen LogP contribution >= 0.6 is 27.5 Å². The van der Waals surface area contributed by atoms with Crippen LogP contribution in [0.25, 0.3) is 0 Å². The highest BCUT2D eigenvalue weighted by Gasteiger charge is 2.47. The summed E-state index contributed by atoms with van der Waals surface area (Å²) in [5, 5.41) is -0.111. The predicted molar refractivity (Wildman–Crippen MR) is 82.6 cm³/mol. The Morgan fingerprint density at radius 2 is 2.00 bits per heavy atom. The van der Waals surface area contributed by atoms with E-state index in [0.29, 0.717) is 11.0 Å². The zero-order valence-electron chi connectivity index (χ0n) is 11.8. The van der Waals surface area contributed by atoms with Crippen molar-refractivity contribution in [1.82, 2.24) is 14.2 Å². The molecule has 2 heterocycles. The number of halogens is 2. The first-order chi connectivity index (χ1) is 9.58. The topological polar surface area (TPSA) is 70.6 Å². The molecule has 1 saturated heterocycles. The molecule has 0 aromatic carbocycles. The third-order valence-electron chi connectivity index (χ3n) is 3.47. The molecule has 1 aliphatic rings. The fraction of sp³-hybridized carbons (Fsp3) is 0.500. The summed E-state index contributed by atoms with van der Waals surface area (Å²) in [6.07, 6.45) is 1.42. The van der Waals surface area contributed by atoms with Crippen molar-refractivity contribution in [3.05, 3.63) is 21.9 Å². The molecule has 0 radical (unpaired) electrons. The van der Waals surface area contributed by atoms with Gasteiger partial charge in [0.05, 0.1) is 0 Å². The minimum absolute atomic E-state index is 0.107. The smallest absolute Gasteiger partial charge is 0.247 e. The van der Waals surface area contributed by atoms with Crippen LogP contribution in [0, 0.1) is 0 Å². The molecule has 6 nitrogen and oxygen atoms in total. The monoisotopic (exact) mass is 395 g/mol. The lowest BCUT2D eigenvalue weighted by molar-refractivity contribution is -0.142. The molecule has 1 amide bonds. The molecule has 0 saturated carbocycles. The van der Waals surface area contributed by atoms with Gasteiger partial charge in [0.1, 0.15) is 15.6 Å². The third kappa shape index (κ3) is 2.81. The average Bonchev–Trinajstić information content (AvgIpc) is 2.38. The van der Waals surface area contributed by atoms with Gasteiger partial charge in [0.2, 0.25) is 15.9 Å². The first-order valence-corrected chi connectivity index (χ1v) is 8.79. The molecule has 1 aromatic rings. The van der Waals surface area contributed by atoms with E-state index < -0.39 is 15.6 Å². The lowest BCUT2D eigenvalue weighted by atomic mass is 10.0. The fourth-order valence-corrected chi connectivity index (χ4v) is 4.98. The first kappa shape index (κ1) is 16.7. The van der Waals surface area contributed by atoms with Gasteiger partial charge in [-0.25, -0.2) is 13.4 Å². The van der Waals surface area contributed by atoms with Gasteiger partial charge < -0.3 is 4.90 Å². The van der Waals surface area contributed by atoms with Gasteiger partial charge in [-0.05, 0) is 35.8 Å². The van der Waals surface area contributed by atoms with Crippen LogP contribution in [0.3, 0.4) is 0 Å². The molecule has 0 bridgehead atoms. The van der Waals surface area contributed by atoms with Crippen LogP contribution < -0.4 is 0 Å². The minimum Gasteiger partial charge on any atom is -0.343 e. The van der Waals surface area contributed by atoms with Crippen molar-refractivity contribution in [3.8, 4) is 0 Å². The third-order valence-corrected chi connectivity index (χ3v) is 6.41. The molecule has 0 atom stereocenters. The van der Waals surface area contributed by atoms with E-state index in [9.17, 15) is 13.2 Å². The van der Waals surface area contributed by atoms with E-state index in [0.717, 1.165) is 0 Å². The number of hydrogen-bond acceptors (Lipinski definition) is 4. The van der Waals surface area contributed by atoms with E-state index in [1.165, 1.54) is 21.5 Å². The molecule has 0 aliphatic carbocycles. The number of amides is 1. The number of piperazine rings is 1. The van der Waals surface area contributed by atoms with Crippen molar-refractivity contribution in [1.29, 1.82) is 0 Å². The van der Waals surface area contributed by atoms with Crippen molar-refractivity contribution in [2.45, 2.75) is 24.3 Å². The number of nitrogens with zero attached hydrogens (tertiary/aromatic N) is 3. The molecule has 0 N–H and O–H groups in total. The van der Waals surface area contributed by atoms with Gasteiger partial charge in [0.15, 0.2) is 0 Å². The Kier molecular flexibility index (Phi) is 4.36. The fourth-order valence-electron chi connectivity index (χ4n) is 2.32.